The molecule has 1 aliphatic carbocycles. The Morgan fingerprint density at radius 2 is 2.05 bits per heavy atom. The summed E-state index contributed by atoms with van der Waals surface area (Å²) in [6, 6.07) is -0.277. The Morgan fingerprint density at radius 1 is 1.35 bits per heavy atom. The third-order valence-electron chi connectivity index (χ3n) is 4.38. The Balaban J connectivity index is 2.16. The molecular formula is C13H23NO5S. The first-order chi connectivity index (χ1) is 9.43. The Labute approximate surface area is 120 Å². The quantitative estimate of drug-likeness (QED) is 0.815. The molecule has 2 fully saturated rings. The fourth-order valence-corrected chi connectivity index (χ4v) is 5.00. The van der Waals surface area contributed by atoms with Crippen molar-refractivity contribution < 1.29 is 23.1 Å². The molecule has 0 radical (unpaired) electrons. The second-order valence-electron chi connectivity index (χ2n) is 5.73. The lowest BCUT2D eigenvalue weighted by Crippen LogP contribution is -2.57. The van der Waals surface area contributed by atoms with E-state index in [0.29, 0.717) is 6.54 Å². The number of carbonyl (C=O) groups is 1. The molecule has 0 aromatic carbocycles. The summed E-state index contributed by atoms with van der Waals surface area (Å²) in [4.78, 5) is 13.1. The Hall–Kier alpha value is -0.660. The maximum atomic E-state index is 11.8. The monoisotopic (exact) mass is 305 g/mol. The summed E-state index contributed by atoms with van der Waals surface area (Å²) in [5.74, 6) is -0.871. The summed E-state index contributed by atoms with van der Waals surface area (Å²) >= 11 is 0. The zero-order valence-corrected chi connectivity index (χ0v) is 12.6. The SMILES string of the molecule is COC1CCCCC1N1CCS(=O)(=O)CC1CC(=O)O. The van der Waals surface area contributed by atoms with E-state index < -0.39 is 21.8 Å². The van der Waals surface area contributed by atoms with E-state index in [2.05, 4.69) is 4.90 Å². The number of hydrogen-bond acceptors (Lipinski definition) is 5. The minimum absolute atomic E-state index is 0.0494. The third-order valence-corrected chi connectivity index (χ3v) is 6.08. The molecule has 3 unspecified atom stereocenters. The van der Waals surface area contributed by atoms with Gasteiger partial charge in [-0.15, -0.1) is 0 Å². The van der Waals surface area contributed by atoms with Gasteiger partial charge in [-0.3, -0.25) is 9.69 Å². The first kappa shape index (κ1) is 15.7. The standard InChI is InChI=1S/C13H23NO5S/c1-19-12-5-3-2-4-11(12)14-6-7-20(17,18)9-10(14)8-13(15)16/h10-12H,2-9H2,1H3,(H,15,16). The van der Waals surface area contributed by atoms with Crippen molar-refractivity contribution in [3.8, 4) is 0 Å². The smallest absolute Gasteiger partial charge is 0.304 e. The van der Waals surface area contributed by atoms with Crippen LogP contribution in [-0.2, 0) is 19.4 Å². The summed E-state index contributed by atoms with van der Waals surface area (Å²) in [7, 11) is -1.44. The summed E-state index contributed by atoms with van der Waals surface area (Å²) < 4.78 is 29.1. The number of nitrogens with zero attached hydrogens (tertiary/aromatic N) is 1. The average Bonchev–Trinajstić information content (AvgIpc) is 2.37. The minimum atomic E-state index is -3.12. The Morgan fingerprint density at radius 3 is 2.70 bits per heavy atom. The summed E-state index contributed by atoms with van der Waals surface area (Å²) in [6.45, 7) is 0.421. The van der Waals surface area contributed by atoms with E-state index in [4.69, 9.17) is 9.84 Å². The van der Waals surface area contributed by atoms with Gasteiger partial charge in [0.1, 0.15) is 0 Å². The van der Waals surface area contributed by atoms with Gasteiger partial charge in [-0.1, -0.05) is 12.8 Å². The van der Waals surface area contributed by atoms with Gasteiger partial charge in [-0.25, -0.2) is 8.42 Å². The number of carboxylic acids is 1. The lowest BCUT2D eigenvalue weighted by atomic mass is 9.90. The first-order valence-corrected chi connectivity index (χ1v) is 8.96. The van der Waals surface area contributed by atoms with E-state index in [1.165, 1.54) is 0 Å². The topological polar surface area (TPSA) is 83.9 Å². The van der Waals surface area contributed by atoms with Gasteiger partial charge in [0.15, 0.2) is 9.84 Å². The highest BCUT2D eigenvalue weighted by atomic mass is 32.2. The van der Waals surface area contributed by atoms with Gasteiger partial charge < -0.3 is 9.84 Å². The van der Waals surface area contributed by atoms with Gasteiger partial charge in [0.2, 0.25) is 0 Å². The second kappa shape index (κ2) is 6.41. The Kier molecular flexibility index (Phi) is 5.04. The number of methoxy groups -OCH3 is 1. The third kappa shape index (κ3) is 3.71. The summed E-state index contributed by atoms with van der Waals surface area (Å²) in [5.41, 5.74) is 0. The maximum Gasteiger partial charge on any atom is 0.304 e. The molecule has 0 aromatic rings. The lowest BCUT2D eigenvalue weighted by molar-refractivity contribution is -0.139. The van der Waals surface area contributed by atoms with Crippen LogP contribution in [-0.4, -0.2) is 67.7 Å². The summed E-state index contributed by atoms with van der Waals surface area (Å²) in [6.07, 6.45) is 4.09. The van der Waals surface area contributed by atoms with Crippen LogP contribution in [0.15, 0.2) is 0 Å². The summed E-state index contributed by atoms with van der Waals surface area (Å²) in [5, 5.41) is 9.02. The van der Waals surface area contributed by atoms with Crippen molar-refractivity contribution in [2.24, 2.45) is 0 Å². The molecule has 0 aromatic heterocycles. The number of rotatable bonds is 4. The number of sulfone groups is 1. The second-order valence-corrected chi connectivity index (χ2v) is 7.96. The van der Waals surface area contributed by atoms with Gasteiger partial charge in [-0.2, -0.15) is 0 Å². The normalized spacial score (nSPS) is 34.8. The minimum Gasteiger partial charge on any atom is -0.481 e. The average molecular weight is 305 g/mol. The molecule has 6 nitrogen and oxygen atoms in total. The number of ether oxygens (including phenoxy) is 1. The van der Waals surface area contributed by atoms with Crippen LogP contribution in [0.2, 0.25) is 0 Å². The molecule has 2 aliphatic rings. The highest BCUT2D eigenvalue weighted by Gasteiger charge is 2.40. The van der Waals surface area contributed by atoms with E-state index in [1.54, 1.807) is 7.11 Å². The molecule has 7 heteroatoms. The fourth-order valence-electron chi connectivity index (χ4n) is 3.45. The molecular weight excluding hydrogens is 282 g/mol. The van der Waals surface area contributed by atoms with E-state index in [-0.39, 0.29) is 30.1 Å². The predicted molar refractivity (Wildman–Crippen MR) is 74.5 cm³/mol. The molecule has 1 saturated carbocycles. The van der Waals surface area contributed by atoms with Crippen molar-refractivity contribution in [1.29, 1.82) is 0 Å². The molecule has 1 saturated heterocycles. The lowest BCUT2D eigenvalue weighted by Gasteiger charge is -2.45. The number of carboxylic acid groups (broad SMARTS) is 1. The highest BCUT2D eigenvalue weighted by molar-refractivity contribution is 7.91. The first-order valence-electron chi connectivity index (χ1n) is 7.13. The van der Waals surface area contributed by atoms with Crippen molar-refractivity contribution in [3.63, 3.8) is 0 Å². The van der Waals surface area contributed by atoms with Crippen LogP contribution >= 0.6 is 0 Å². The zero-order valence-electron chi connectivity index (χ0n) is 11.8. The van der Waals surface area contributed by atoms with Crippen LogP contribution in [0.1, 0.15) is 32.1 Å². The van der Waals surface area contributed by atoms with Crippen LogP contribution in [0.5, 0.6) is 0 Å². The van der Waals surface area contributed by atoms with E-state index in [9.17, 15) is 13.2 Å². The van der Waals surface area contributed by atoms with Gasteiger partial charge in [0.05, 0.1) is 24.0 Å². The van der Waals surface area contributed by atoms with Crippen LogP contribution in [0.4, 0.5) is 0 Å². The van der Waals surface area contributed by atoms with Crippen molar-refractivity contribution in [2.45, 2.75) is 50.3 Å². The number of aliphatic carboxylic acids is 1. The highest BCUT2D eigenvalue weighted by Crippen LogP contribution is 2.29. The van der Waals surface area contributed by atoms with Gasteiger partial charge in [0.25, 0.3) is 0 Å². The van der Waals surface area contributed by atoms with Crippen LogP contribution in [0.3, 0.4) is 0 Å². The molecule has 116 valence electrons. The predicted octanol–water partition coefficient (Wildman–Crippen LogP) is 0.518. The van der Waals surface area contributed by atoms with Crippen molar-refractivity contribution >= 4 is 15.8 Å². The molecule has 1 heterocycles. The van der Waals surface area contributed by atoms with Crippen LogP contribution < -0.4 is 0 Å². The van der Waals surface area contributed by atoms with Gasteiger partial charge in [-0.05, 0) is 12.8 Å². The van der Waals surface area contributed by atoms with Gasteiger partial charge >= 0.3 is 5.97 Å². The van der Waals surface area contributed by atoms with Gasteiger partial charge in [0, 0.05) is 25.7 Å². The van der Waals surface area contributed by atoms with Crippen LogP contribution in [0.25, 0.3) is 0 Å². The van der Waals surface area contributed by atoms with Crippen LogP contribution in [0, 0.1) is 0 Å². The molecule has 1 N–H and O–H groups in total. The molecule has 2 rings (SSSR count). The fraction of sp³-hybridized carbons (Fsp3) is 0.923. The van der Waals surface area contributed by atoms with E-state index in [1.807, 2.05) is 0 Å². The molecule has 0 bridgehead atoms. The number of hydrogen-bond donors (Lipinski definition) is 1. The maximum absolute atomic E-state index is 11.8. The molecule has 20 heavy (non-hydrogen) atoms. The van der Waals surface area contributed by atoms with Crippen molar-refractivity contribution in [2.75, 3.05) is 25.2 Å². The molecule has 0 spiro atoms. The largest absolute Gasteiger partial charge is 0.481 e. The molecule has 1 aliphatic heterocycles. The van der Waals surface area contributed by atoms with E-state index in [0.717, 1.165) is 25.7 Å². The van der Waals surface area contributed by atoms with Crippen molar-refractivity contribution in [1.82, 2.24) is 4.90 Å². The molecule has 3 atom stereocenters. The van der Waals surface area contributed by atoms with E-state index >= 15 is 0 Å². The Bertz CT molecular complexity index is 450. The molecule has 0 amide bonds. The zero-order chi connectivity index (χ0) is 14.8. The van der Waals surface area contributed by atoms with Crippen molar-refractivity contribution in [3.05, 3.63) is 0 Å².